The first-order valence-corrected chi connectivity index (χ1v) is 12.3. The molecule has 0 saturated carbocycles. The Hall–Kier alpha value is -3.26. The molecule has 0 unspecified atom stereocenters. The number of carbonyl (C=O) groups is 3. The lowest BCUT2D eigenvalue weighted by Crippen LogP contribution is -2.32. The summed E-state index contributed by atoms with van der Waals surface area (Å²) in [5, 5.41) is 4.11. The van der Waals surface area contributed by atoms with E-state index in [1.54, 1.807) is 60.7 Å². The van der Waals surface area contributed by atoms with Crippen LogP contribution in [0.3, 0.4) is 0 Å². The number of nitrogens with zero attached hydrogens (tertiary/aromatic N) is 1. The van der Waals surface area contributed by atoms with E-state index in [1.807, 2.05) is 6.92 Å². The Morgan fingerprint density at radius 3 is 2.31 bits per heavy atom. The number of halogens is 2. The zero-order valence-electron chi connectivity index (χ0n) is 18.6. The molecule has 3 aromatic rings. The minimum absolute atomic E-state index is 0.128. The Labute approximate surface area is 216 Å². The van der Waals surface area contributed by atoms with Crippen LogP contribution in [-0.2, 0) is 14.3 Å². The van der Waals surface area contributed by atoms with Crippen molar-refractivity contribution in [2.45, 2.75) is 18.2 Å². The van der Waals surface area contributed by atoms with Gasteiger partial charge in [-0.15, -0.1) is 0 Å². The first-order valence-electron chi connectivity index (χ1n) is 10.7. The zero-order chi connectivity index (χ0) is 24.9. The number of hydrogen-bond donors (Lipinski definition) is 1. The lowest BCUT2D eigenvalue weighted by atomic mass is 10.2. The number of rotatable bonds is 8. The Kier molecular flexibility index (Phi) is 7.80. The Morgan fingerprint density at radius 1 is 0.943 bits per heavy atom. The predicted octanol–water partition coefficient (Wildman–Crippen LogP) is 6.55. The molecule has 35 heavy (non-hydrogen) atoms. The van der Waals surface area contributed by atoms with E-state index >= 15 is 0 Å². The molecule has 178 valence electrons. The topological polar surface area (TPSA) is 75.7 Å². The molecule has 0 aliphatic carbocycles. The fourth-order valence-electron chi connectivity index (χ4n) is 3.30. The van der Waals surface area contributed by atoms with Crippen molar-refractivity contribution < 1.29 is 19.1 Å². The highest BCUT2D eigenvalue weighted by Crippen LogP contribution is 2.38. The third-order valence-electron chi connectivity index (χ3n) is 4.97. The van der Waals surface area contributed by atoms with Gasteiger partial charge in [0.15, 0.2) is 0 Å². The van der Waals surface area contributed by atoms with Crippen LogP contribution in [0.2, 0.25) is 10.0 Å². The molecule has 9 heteroatoms. The quantitative estimate of drug-likeness (QED) is 0.265. The third-order valence-corrected chi connectivity index (χ3v) is 6.55. The summed E-state index contributed by atoms with van der Waals surface area (Å²) in [6.07, 6.45) is 0.711. The molecule has 1 aliphatic heterocycles. The molecule has 0 spiro atoms. The van der Waals surface area contributed by atoms with E-state index in [0.717, 1.165) is 21.6 Å². The molecule has 1 aliphatic rings. The smallest absolute Gasteiger partial charge is 0.338 e. The van der Waals surface area contributed by atoms with Crippen molar-refractivity contribution in [3.8, 4) is 0 Å². The summed E-state index contributed by atoms with van der Waals surface area (Å²) in [6.45, 7) is 2.22. The maximum Gasteiger partial charge on any atom is 0.338 e. The van der Waals surface area contributed by atoms with Gasteiger partial charge in [-0.05, 0) is 73.2 Å². The van der Waals surface area contributed by atoms with E-state index in [4.69, 9.17) is 27.9 Å². The van der Waals surface area contributed by atoms with Crippen LogP contribution in [0.4, 0.5) is 11.4 Å². The number of thioether (sulfide) groups is 1. The van der Waals surface area contributed by atoms with E-state index in [-0.39, 0.29) is 10.6 Å². The Morgan fingerprint density at radius 2 is 1.66 bits per heavy atom. The number of esters is 1. The van der Waals surface area contributed by atoms with Gasteiger partial charge < -0.3 is 10.1 Å². The summed E-state index contributed by atoms with van der Waals surface area (Å²) >= 11 is 13.2. The number of amides is 2. The summed E-state index contributed by atoms with van der Waals surface area (Å²) in [4.78, 5) is 41.1. The van der Waals surface area contributed by atoms with Crippen molar-refractivity contribution in [3.63, 3.8) is 0 Å². The minimum atomic E-state index is -0.521. The second kappa shape index (κ2) is 11.0. The van der Waals surface area contributed by atoms with E-state index in [9.17, 15) is 14.4 Å². The second-order valence-corrected chi connectivity index (χ2v) is 9.48. The molecule has 0 bridgehead atoms. The molecule has 0 atom stereocenters. The molecule has 6 nitrogen and oxygen atoms in total. The number of carbonyl (C=O) groups excluding carboxylic acids is 3. The van der Waals surface area contributed by atoms with Gasteiger partial charge in [0.2, 0.25) is 0 Å². The van der Waals surface area contributed by atoms with Gasteiger partial charge in [-0.25, -0.2) is 9.69 Å². The predicted molar refractivity (Wildman–Crippen MR) is 139 cm³/mol. The van der Waals surface area contributed by atoms with E-state index in [2.05, 4.69) is 5.32 Å². The second-order valence-electron chi connectivity index (χ2n) is 7.52. The fraction of sp³-hybridized carbons (Fsp3) is 0.115. The monoisotopic (exact) mass is 526 g/mol. The summed E-state index contributed by atoms with van der Waals surface area (Å²) in [7, 11) is 0. The van der Waals surface area contributed by atoms with Crippen molar-refractivity contribution in [1.29, 1.82) is 0 Å². The van der Waals surface area contributed by atoms with Crippen LogP contribution in [0.5, 0.6) is 0 Å². The summed E-state index contributed by atoms with van der Waals surface area (Å²) in [6, 6.07) is 20.0. The molecule has 0 saturated heterocycles. The maximum atomic E-state index is 13.5. The summed E-state index contributed by atoms with van der Waals surface area (Å²) in [5.74, 6) is -1.47. The molecule has 1 heterocycles. The Bertz CT molecular complexity index is 1310. The molecular weight excluding hydrogens is 507 g/mol. The fourth-order valence-corrected chi connectivity index (χ4v) is 4.55. The van der Waals surface area contributed by atoms with E-state index in [1.165, 1.54) is 12.1 Å². The number of hydrogen-bond acceptors (Lipinski definition) is 6. The largest absolute Gasteiger partial charge is 0.462 e. The van der Waals surface area contributed by atoms with Crippen molar-refractivity contribution in [2.75, 3.05) is 16.8 Å². The summed E-state index contributed by atoms with van der Waals surface area (Å²) in [5.41, 5.74) is 1.37. The minimum Gasteiger partial charge on any atom is -0.462 e. The van der Waals surface area contributed by atoms with Crippen LogP contribution in [0.1, 0.15) is 23.7 Å². The lowest BCUT2D eigenvalue weighted by Gasteiger charge is -2.16. The van der Waals surface area contributed by atoms with Crippen molar-refractivity contribution in [2.24, 2.45) is 0 Å². The van der Waals surface area contributed by atoms with Gasteiger partial charge in [0.25, 0.3) is 11.8 Å². The molecule has 0 fully saturated rings. The number of imide groups is 1. The standard InChI is InChI=1S/C26H20Cl2N2O4S/c1-2-14-34-26(33)16-6-10-20(11-7-16)30-24(31)22(29-19-5-3-4-18(28)15-19)23(25(30)32)35-21-12-8-17(27)9-13-21/h3-13,15,29H,2,14H2,1H3. The summed E-state index contributed by atoms with van der Waals surface area (Å²) < 4.78 is 5.14. The van der Waals surface area contributed by atoms with Gasteiger partial charge >= 0.3 is 5.97 Å². The first-order chi connectivity index (χ1) is 16.9. The van der Waals surface area contributed by atoms with Gasteiger partial charge in [-0.1, -0.05) is 48.0 Å². The number of anilines is 2. The van der Waals surface area contributed by atoms with Crippen LogP contribution in [0.25, 0.3) is 0 Å². The van der Waals surface area contributed by atoms with Crippen LogP contribution in [0, 0.1) is 0 Å². The number of benzene rings is 3. The molecular formula is C26H20Cl2N2O4S. The number of ether oxygens (including phenoxy) is 1. The molecule has 1 N–H and O–H groups in total. The van der Waals surface area contributed by atoms with Crippen LogP contribution < -0.4 is 10.2 Å². The first kappa shape index (κ1) is 24.9. The van der Waals surface area contributed by atoms with Gasteiger partial charge in [-0.3, -0.25) is 9.59 Å². The van der Waals surface area contributed by atoms with Crippen LogP contribution >= 0.6 is 35.0 Å². The molecule has 2 amide bonds. The average Bonchev–Trinajstić information content (AvgIpc) is 3.08. The highest BCUT2D eigenvalue weighted by atomic mass is 35.5. The normalized spacial score (nSPS) is 13.4. The maximum absolute atomic E-state index is 13.5. The molecule has 4 rings (SSSR count). The van der Waals surface area contributed by atoms with Gasteiger partial charge in [0.1, 0.15) is 10.6 Å². The van der Waals surface area contributed by atoms with Crippen LogP contribution in [0.15, 0.2) is 88.3 Å². The zero-order valence-corrected chi connectivity index (χ0v) is 20.9. The lowest BCUT2D eigenvalue weighted by molar-refractivity contribution is -0.120. The molecule has 0 aromatic heterocycles. The highest BCUT2D eigenvalue weighted by Gasteiger charge is 2.40. The van der Waals surface area contributed by atoms with E-state index < -0.39 is 17.8 Å². The van der Waals surface area contributed by atoms with Crippen LogP contribution in [-0.4, -0.2) is 24.4 Å². The number of nitrogens with one attached hydrogen (secondary N) is 1. The SMILES string of the molecule is CCCOC(=O)c1ccc(N2C(=O)C(Nc3cccc(Cl)c3)=C(Sc3ccc(Cl)cc3)C2=O)cc1. The van der Waals surface area contributed by atoms with Crippen molar-refractivity contribution >= 4 is 64.1 Å². The van der Waals surface area contributed by atoms with Gasteiger partial charge in [0, 0.05) is 20.6 Å². The molecule has 3 aromatic carbocycles. The average molecular weight is 527 g/mol. The Balaban J connectivity index is 1.66. The van der Waals surface area contributed by atoms with Gasteiger partial charge in [0.05, 0.1) is 17.9 Å². The van der Waals surface area contributed by atoms with E-state index in [0.29, 0.717) is 40.0 Å². The highest BCUT2D eigenvalue weighted by molar-refractivity contribution is 8.04. The van der Waals surface area contributed by atoms with Gasteiger partial charge in [-0.2, -0.15) is 0 Å². The van der Waals surface area contributed by atoms with Crippen molar-refractivity contribution in [3.05, 3.63) is 99.0 Å². The van der Waals surface area contributed by atoms with Crippen molar-refractivity contribution in [1.82, 2.24) is 0 Å². The third kappa shape index (κ3) is 5.70. The molecule has 0 radical (unpaired) electrons.